The predicted molar refractivity (Wildman–Crippen MR) is 55.6 cm³/mol. The highest BCUT2D eigenvalue weighted by Gasteiger charge is 2.29. The lowest BCUT2D eigenvalue weighted by atomic mass is 9.89. The molecule has 0 bridgehead atoms. The van der Waals surface area contributed by atoms with Crippen molar-refractivity contribution in [1.29, 1.82) is 0 Å². The molecule has 76 valence electrons. The van der Waals surface area contributed by atoms with Gasteiger partial charge in [0.15, 0.2) is 0 Å². The van der Waals surface area contributed by atoms with E-state index in [4.69, 9.17) is 0 Å². The van der Waals surface area contributed by atoms with Crippen LogP contribution in [0.2, 0.25) is 0 Å². The van der Waals surface area contributed by atoms with Gasteiger partial charge in [-0.05, 0) is 31.6 Å². The smallest absolute Gasteiger partial charge is 0.138 e. The van der Waals surface area contributed by atoms with E-state index in [9.17, 15) is 4.79 Å². The second-order valence-electron chi connectivity index (χ2n) is 4.71. The molecule has 0 amide bonds. The van der Waals surface area contributed by atoms with E-state index in [1.165, 1.54) is 6.42 Å². The number of ketones is 1. The maximum atomic E-state index is 11.9. The van der Waals surface area contributed by atoms with Gasteiger partial charge in [-0.25, -0.2) is 0 Å². The van der Waals surface area contributed by atoms with Crippen molar-refractivity contribution in [2.45, 2.75) is 52.9 Å². The number of carbonyl (C=O) groups is 1. The third-order valence-corrected chi connectivity index (χ3v) is 3.30. The topological polar surface area (TPSA) is 17.1 Å². The number of hydrogen-bond acceptors (Lipinski definition) is 1. The second kappa shape index (κ2) is 4.78. The lowest BCUT2D eigenvalue weighted by Gasteiger charge is -2.14. The SMILES string of the molecule is CCCC(C)C(=O)C1CCC(C)C1. The minimum atomic E-state index is 0.306. The van der Waals surface area contributed by atoms with Crippen LogP contribution in [0.3, 0.4) is 0 Å². The highest BCUT2D eigenvalue weighted by Crippen LogP contribution is 2.33. The first-order valence-electron chi connectivity index (χ1n) is 5.68. The first-order chi connectivity index (χ1) is 6.15. The minimum absolute atomic E-state index is 0.306. The third-order valence-electron chi connectivity index (χ3n) is 3.30. The van der Waals surface area contributed by atoms with Gasteiger partial charge < -0.3 is 0 Å². The number of hydrogen-bond donors (Lipinski definition) is 0. The molecule has 1 nitrogen and oxygen atoms in total. The summed E-state index contributed by atoms with van der Waals surface area (Å²) in [6.45, 7) is 6.51. The van der Waals surface area contributed by atoms with E-state index in [1.54, 1.807) is 0 Å². The molecule has 1 aliphatic rings. The Balaban J connectivity index is 2.38. The van der Waals surface area contributed by atoms with Crippen LogP contribution in [0.4, 0.5) is 0 Å². The number of rotatable bonds is 4. The zero-order valence-corrected chi connectivity index (χ0v) is 9.18. The van der Waals surface area contributed by atoms with Gasteiger partial charge >= 0.3 is 0 Å². The molecule has 0 aliphatic heterocycles. The Bertz CT molecular complexity index is 174. The van der Waals surface area contributed by atoms with Gasteiger partial charge in [0, 0.05) is 11.8 Å². The standard InChI is InChI=1S/C12H22O/c1-4-5-10(3)12(13)11-7-6-9(2)8-11/h9-11H,4-8H2,1-3H3. The summed E-state index contributed by atoms with van der Waals surface area (Å²) < 4.78 is 0. The maximum Gasteiger partial charge on any atom is 0.138 e. The molecular weight excluding hydrogens is 160 g/mol. The van der Waals surface area contributed by atoms with Crippen LogP contribution < -0.4 is 0 Å². The van der Waals surface area contributed by atoms with E-state index in [-0.39, 0.29) is 0 Å². The fourth-order valence-corrected chi connectivity index (χ4v) is 2.44. The van der Waals surface area contributed by atoms with Crippen LogP contribution in [0.1, 0.15) is 52.9 Å². The Morgan fingerprint density at radius 2 is 2.15 bits per heavy atom. The summed E-state index contributed by atoms with van der Waals surface area (Å²) in [6.07, 6.45) is 5.76. The fraction of sp³-hybridized carbons (Fsp3) is 0.917. The van der Waals surface area contributed by atoms with E-state index in [0.29, 0.717) is 17.6 Å². The number of Topliss-reactive ketones (excluding diaryl/α,β-unsaturated/α-hetero) is 1. The van der Waals surface area contributed by atoms with Crippen LogP contribution in [0, 0.1) is 17.8 Å². The Hall–Kier alpha value is -0.330. The zero-order chi connectivity index (χ0) is 9.84. The molecule has 0 aromatic heterocycles. The summed E-state index contributed by atoms with van der Waals surface area (Å²) in [5, 5.41) is 0. The van der Waals surface area contributed by atoms with Crippen molar-refractivity contribution < 1.29 is 4.79 Å². The van der Waals surface area contributed by atoms with Gasteiger partial charge in [0.25, 0.3) is 0 Å². The van der Waals surface area contributed by atoms with Crippen molar-refractivity contribution in [3.05, 3.63) is 0 Å². The largest absolute Gasteiger partial charge is 0.299 e. The molecule has 0 saturated heterocycles. The van der Waals surface area contributed by atoms with Crippen molar-refractivity contribution in [2.75, 3.05) is 0 Å². The summed E-state index contributed by atoms with van der Waals surface area (Å²) in [7, 11) is 0. The van der Waals surface area contributed by atoms with Crippen LogP contribution in [-0.4, -0.2) is 5.78 Å². The molecule has 1 fully saturated rings. The molecule has 0 heterocycles. The summed E-state index contributed by atoms with van der Waals surface area (Å²) in [6, 6.07) is 0. The molecule has 3 atom stereocenters. The van der Waals surface area contributed by atoms with Crippen molar-refractivity contribution in [1.82, 2.24) is 0 Å². The van der Waals surface area contributed by atoms with Gasteiger partial charge in [-0.2, -0.15) is 0 Å². The molecule has 1 heteroatoms. The molecule has 13 heavy (non-hydrogen) atoms. The Morgan fingerprint density at radius 1 is 1.46 bits per heavy atom. The zero-order valence-electron chi connectivity index (χ0n) is 9.18. The molecule has 1 rings (SSSR count). The van der Waals surface area contributed by atoms with Gasteiger partial charge in [-0.1, -0.05) is 27.2 Å². The Labute approximate surface area is 81.9 Å². The Kier molecular flexibility index (Phi) is 3.95. The molecule has 0 radical (unpaired) electrons. The summed E-state index contributed by atoms with van der Waals surface area (Å²) in [4.78, 5) is 11.9. The predicted octanol–water partition coefficient (Wildman–Crippen LogP) is 3.43. The summed E-state index contributed by atoms with van der Waals surface area (Å²) >= 11 is 0. The number of carbonyl (C=O) groups excluding carboxylic acids is 1. The molecular formula is C12H22O. The fourth-order valence-electron chi connectivity index (χ4n) is 2.44. The molecule has 0 aromatic carbocycles. The maximum absolute atomic E-state index is 11.9. The van der Waals surface area contributed by atoms with Crippen LogP contribution >= 0.6 is 0 Å². The van der Waals surface area contributed by atoms with E-state index >= 15 is 0 Å². The second-order valence-corrected chi connectivity index (χ2v) is 4.71. The van der Waals surface area contributed by atoms with Gasteiger partial charge in [0.2, 0.25) is 0 Å². The summed E-state index contributed by atoms with van der Waals surface area (Å²) in [5.74, 6) is 2.02. The average Bonchev–Trinajstić information content (AvgIpc) is 2.51. The van der Waals surface area contributed by atoms with Crippen molar-refractivity contribution in [3.63, 3.8) is 0 Å². The highest BCUT2D eigenvalue weighted by molar-refractivity contribution is 5.83. The van der Waals surface area contributed by atoms with Crippen LogP contribution in [0.25, 0.3) is 0 Å². The van der Waals surface area contributed by atoms with Crippen molar-refractivity contribution in [2.24, 2.45) is 17.8 Å². The summed E-state index contributed by atoms with van der Waals surface area (Å²) in [5.41, 5.74) is 0. The van der Waals surface area contributed by atoms with Crippen LogP contribution in [0.5, 0.6) is 0 Å². The molecule has 0 spiro atoms. The van der Waals surface area contributed by atoms with Gasteiger partial charge in [-0.3, -0.25) is 4.79 Å². The Morgan fingerprint density at radius 3 is 2.62 bits per heavy atom. The lowest BCUT2D eigenvalue weighted by Crippen LogP contribution is -2.19. The van der Waals surface area contributed by atoms with Gasteiger partial charge in [0.05, 0.1) is 0 Å². The average molecular weight is 182 g/mol. The van der Waals surface area contributed by atoms with Crippen LogP contribution in [0.15, 0.2) is 0 Å². The van der Waals surface area contributed by atoms with Crippen molar-refractivity contribution in [3.8, 4) is 0 Å². The third kappa shape index (κ3) is 2.82. The van der Waals surface area contributed by atoms with E-state index in [2.05, 4.69) is 20.8 Å². The van der Waals surface area contributed by atoms with E-state index in [0.717, 1.165) is 31.6 Å². The van der Waals surface area contributed by atoms with Gasteiger partial charge in [0.1, 0.15) is 5.78 Å². The normalized spacial score (nSPS) is 30.4. The first kappa shape index (κ1) is 10.7. The van der Waals surface area contributed by atoms with E-state index < -0.39 is 0 Å². The van der Waals surface area contributed by atoms with E-state index in [1.807, 2.05) is 0 Å². The van der Waals surface area contributed by atoms with Gasteiger partial charge in [-0.15, -0.1) is 0 Å². The highest BCUT2D eigenvalue weighted by atomic mass is 16.1. The lowest BCUT2D eigenvalue weighted by molar-refractivity contribution is -0.126. The molecule has 3 unspecified atom stereocenters. The van der Waals surface area contributed by atoms with Crippen molar-refractivity contribution >= 4 is 5.78 Å². The molecule has 1 saturated carbocycles. The van der Waals surface area contributed by atoms with Crippen LogP contribution in [-0.2, 0) is 4.79 Å². The minimum Gasteiger partial charge on any atom is -0.299 e. The molecule has 0 N–H and O–H groups in total. The monoisotopic (exact) mass is 182 g/mol. The first-order valence-corrected chi connectivity index (χ1v) is 5.68. The molecule has 1 aliphatic carbocycles. The quantitative estimate of drug-likeness (QED) is 0.651. The molecule has 0 aromatic rings.